The highest BCUT2D eigenvalue weighted by molar-refractivity contribution is 5.55. The summed E-state index contributed by atoms with van der Waals surface area (Å²) in [4.78, 5) is 0. The molecule has 2 aromatic carbocycles. The summed E-state index contributed by atoms with van der Waals surface area (Å²) >= 11 is 0. The number of aryl methyl sites for hydroxylation is 2. The summed E-state index contributed by atoms with van der Waals surface area (Å²) in [5, 5.41) is 13.7. The lowest BCUT2D eigenvalue weighted by atomic mass is 9.76. The highest BCUT2D eigenvalue weighted by Crippen LogP contribution is 2.38. The van der Waals surface area contributed by atoms with Crippen molar-refractivity contribution in [3.63, 3.8) is 0 Å². The molecule has 0 aliphatic heterocycles. The molecule has 1 unspecified atom stereocenters. The van der Waals surface area contributed by atoms with E-state index >= 15 is 0 Å². The van der Waals surface area contributed by atoms with Crippen LogP contribution in [0, 0.1) is 6.92 Å². The zero-order valence-electron chi connectivity index (χ0n) is 11.9. The molecule has 1 atom stereocenters. The lowest BCUT2D eigenvalue weighted by molar-refractivity contribution is 0.194. The van der Waals surface area contributed by atoms with Gasteiger partial charge in [0.25, 0.3) is 0 Å². The molecular weight excluding hydrogens is 246 g/mol. The molecule has 0 aromatic heterocycles. The van der Waals surface area contributed by atoms with Crippen molar-refractivity contribution in [1.82, 2.24) is 0 Å². The zero-order chi connectivity index (χ0) is 14.0. The van der Waals surface area contributed by atoms with Gasteiger partial charge >= 0.3 is 0 Å². The summed E-state index contributed by atoms with van der Waals surface area (Å²) in [7, 11) is 0. The van der Waals surface area contributed by atoms with Crippen LogP contribution in [0.3, 0.4) is 0 Å². The van der Waals surface area contributed by atoms with Gasteiger partial charge in [-0.1, -0.05) is 42.5 Å². The van der Waals surface area contributed by atoms with E-state index in [4.69, 9.17) is 0 Å². The third-order valence-electron chi connectivity index (χ3n) is 4.37. The number of rotatable bonds is 3. The molecule has 0 fully saturated rings. The maximum absolute atomic E-state index is 10.1. The minimum Gasteiger partial charge on any atom is -0.394 e. The number of fused-ring (bicyclic) bond motifs is 1. The Kier molecular flexibility index (Phi) is 3.49. The Morgan fingerprint density at radius 2 is 1.85 bits per heavy atom. The first-order valence-corrected chi connectivity index (χ1v) is 7.28. The zero-order valence-corrected chi connectivity index (χ0v) is 11.9. The van der Waals surface area contributed by atoms with E-state index in [1.165, 1.54) is 16.7 Å². The molecule has 20 heavy (non-hydrogen) atoms. The average molecular weight is 267 g/mol. The molecule has 0 saturated heterocycles. The van der Waals surface area contributed by atoms with Gasteiger partial charge in [0.1, 0.15) is 0 Å². The van der Waals surface area contributed by atoms with Gasteiger partial charge in [0.2, 0.25) is 0 Å². The second kappa shape index (κ2) is 5.29. The molecule has 2 aromatic rings. The third-order valence-corrected chi connectivity index (χ3v) is 4.37. The lowest BCUT2D eigenvalue weighted by Crippen LogP contribution is -2.42. The molecule has 2 heteroatoms. The first-order valence-electron chi connectivity index (χ1n) is 7.28. The lowest BCUT2D eigenvalue weighted by Gasteiger charge is -2.39. The van der Waals surface area contributed by atoms with Crippen LogP contribution in [-0.4, -0.2) is 11.7 Å². The Morgan fingerprint density at radius 1 is 1.10 bits per heavy atom. The van der Waals surface area contributed by atoms with Crippen LogP contribution < -0.4 is 5.32 Å². The number of benzene rings is 2. The van der Waals surface area contributed by atoms with Crippen molar-refractivity contribution < 1.29 is 5.11 Å². The van der Waals surface area contributed by atoms with Crippen LogP contribution in [0.15, 0.2) is 48.5 Å². The van der Waals surface area contributed by atoms with Crippen LogP contribution in [0.25, 0.3) is 0 Å². The maximum Gasteiger partial charge on any atom is 0.0859 e. The summed E-state index contributed by atoms with van der Waals surface area (Å²) in [5.41, 5.74) is 4.58. The fourth-order valence-corrected chi connectivity index (χ4v) is 3.22. The van der Waals surface area contributed by atoms with E-state index in [9.17, 15) is 5.11 Å². The first kappa shape index (κ1) is 13.2. The third kappa shape index (κ3) is 2.20. The van der Waals surface area contributed by atoms with Crippen LogP contribution in [0.2, 0.25) is 0 Å². The summed E-state index contributed by atoms with van der Waals surface area (Å²) in [5.74, 6) is 0. The number of hydrogen-bond donors (Lipinski definition) is 2. The Hall–Kier alpha value is -1.80. The highest BCUT2D eigenvalue weighted by atomic mass is 16.3. The van der Waals surface area contributed by atoms with Crippen molar-refractivity contribution in [2.75, 3.05) is 11.9 Å². The van der Waals surface area contributed by atoms with Crippen molar-refractivity contribution in [3.8, 4) is 0 Å². The molecule has 0 bridgehead atoms. The molecule has 3 rings (SSSR count). The predicted octanol–water partition coefficient (Wildman–Crippen LogP) is 3.63. The van der Waals surface area contributed by atoms with Gasteiger partial charge in [-0.05, 0) is 48.9 Å². The molecule has 1 aliphatic rings. The van der Waals surface area contributed by atoms with E-state index in [0.29, 0.717) is 0 Å². The number of aliphatic hydroxyl groups excluding tert-OH is 1. The summed E-state index contributed by atoms with van der Waals surface area (Å²) < 4.78 is 0. The molecule has 0 heterocycles. The van der Waals surface area contributed by atoms with Crippen LogP contribution >= 0.6 is 0 Å². The molecule has 104 valence electrons. The number of aliphatic hydroxyl groups is 1. The van der Waals surface area contributed by atoms with E-state index in [2.05, 4.69) is 48.6 Å². The fraction of sp³-hybridized carbons (Fsp3) is 0.333. The summed E-state index contributed by atoms with van der Waals surface area (Å²) in [6.45, 7) is 2.22. The topological polar surface area (TPSA) is 32.3 Å². The standard InChI is InChI=1S/C18H21NO/c1-14-7-2-5-11-17(14)19-18(13-20)12-6-9-15-8-3-4-10-16(15)18/h2-5,7-8,10-11,19-20H,6,9,12-13H2,1H3. The van der Waals surface area contributed by atoms with Gasteiger partial charge < -0.3 is 10.4 Å². The van der Waals surface area contributed by atoms with E-state index < -0.39 is 0 Å². The van der Waals surface area contributed by atoms with Gasteiger partial charge in [0.15, 0.2) is 0 Å². The smallest absolute Gasteiger partial charge is 0.0859 e. The quantitative estimate of drug-likeness (QED) is 0.890. The molecule has 0 amide bonds. The average Bonchev–Trinajstić information content (AvgIpc) is 2.50. The van der Waals surface area contributed by atoms with E-state index in [1.54, 1.807) is 0 Å². The van der Waals surface area contributed by atoms with Gasteiger partial charge in [0, 0.05) is 5.69 Å². The molecule has 1 aliphatic carbocycles. The van der Waals surface area contributed by atoms with E-state index in [0.717, 1.165) is 24.9 Å². The Labute approximate surface area is 120 Å². The van der Waals surface area contributed by atoms with E-state index in [-0.39, 0.29) is 12.1 Å². The largest absolute Gasteiger partial charge is 0.394 e. The molecule has 0 spiro atoms. The molecular formula is C18H21NO. The van der Waals surface area contributed by atoms with Crippen molar-refractivity contribution >= 4 is 5.69 Å². The number of para-hydroxylation sites is 1. The second-order valence-electron chi connectivity index (χ2n) is 5.69. The van der Waals surface area contributed by atoms with Gasteiger partial charge in [-0.15, -0.1) is 0 Å². The van der Waals surface area contributed by atoms with Crippen LogP contribution in [0.1, 0.15) is 29.5 Å². The Bertz CT molecular complexity index is 608. The van der Waals surface area contributed by atoms with E-state index in [1.807, 2.05) is 12.1 Å². The van der Waals surface area contributed by atoms with Gasteiger partial charge in [-0.25, -0.2) is 0 Å². The van der Waals surface area contributed by atoms with Crippen LogP contribution in [-0.2, 0) is 12.0 Å². The Morgan fingerprint density at radius 3 is 2.65 bits per heavy atom. The SMILES string of the molecule is Cc1ccccc1NC1(CO)CCCc2ccccc21. The highest BCUT2D eigenvalue weighted by Gasteiger charge is 2.35. The van der Waals surface area contributed by atoms with Crippen molar-refractivity contribution in [2.24, 2.45) is 0 Å². The Balaban J connectivity index is 2.03. The first-order chi connectivity index (χ1) is 9.75. The molecule has 0 saturated carbocycles. The number of anilines is 1. The van der Waals surface area contributed by atoms with Gasteiger partial charge in [0.05, 0.1) is 12.1 Å². The summed E-state index contributed by atoms with van der Waals surface area (Å²) in [6.07, 6.45) is 3.18. The second-order valence-corrected chi connectivity index (χ2v) is 5.69. The van der Waals surface area contributed by atoms with Gasteiger partial charge in [-0.3, -0.25) is 0 Å². The number of nitrogens with one attached hydrogen (secondary N) is 1. The van der Waals surface area contributed by atoms with Crippen molar-refractivity contribution in [2.45, 2.75) is 31.7 Å². The monoisotopic (exact) mass is 267 g/mol. The van der Waals surface area contributed by atoms with Crippen LogP contribution in [0.5, 0.6) is 0 Å². The van der Waals surface area contributed by atoms with Gasteiger partial charge in [-0.2, -0.15) is 0 Å². The molecule has 2 N–H and O–H groups in total. The fourth-order valence-electron chi connectivity index (χ4n) is 3.22. The van der Waals surface area contributed by atoms with Crippen LogP contribution in [0.4, 0.5) is 5.69 Å². The maximum atomic E-state index is 10.1. The minimum absolute atomic E-state index is 0.123. The number of hydrogen-bond acceptors (Lipinski definition) is 2. The molecule has 0 radical (unpaired) electrons. The minimum atomic E-state index is -0.346. The van der Waals surface area contributed by atoms with Crippen molar-refractivity contribution in [3.05, 3.63) is 65.2 Å². The molecule has 2 nitrogen and oxygen atoms in total. The predicted molar refractivity (Wildman–Crippen MR) is 82.9 cm³/mol. The summed E-state index contributed by atoms with van der Waals surface area (Å²) in [6, 6.07) is 16.7. The van der Waals surface area contributed by atoms with Crippen molar-refractivity contribution in [1.29, 1.82) is 0 Å². The normalized spacial score (nSPS) is 21.3.